The van der Waals surface area contributed by atoms with Gasteiger partial charge in [0.15, 0.2) is 11.6 Å². The van der Waals surface area contributed by atoms with Crippen molar-refractivity contribution in [2.45, 2.75) is 10.6 Å². The zero-order chi connectivity index (χ0) is 13.1. The molecule has 0 heterocycles. The highest BCUT2D eigenvalue weighted by atomic mass is 32.2. The maximum atomic E-state index is 13.1. The Morgan fingerprint density at radius 1 is 0.944 bits per heavy atom. The van der Waals surface area contributed by atoms with Gasteiger partial charge in [-0.2, -0.15) is 0 Å². The van der Waals surface area contributed by atoms with E-state index in [1.165, 1.54) is 30.0 Å². The molecule has 0 atom stereocenters. The first-order valence-electron chi connectivity index (χ1n) is 5.17. The Labute approximate surface area is 107 Å². The van der Waals surface area contributed by atoms with Crippen LogP contribution < -0.4 is 5.73 Å². The van der Waals surface area contributed by atoms with Crippen LogP contribution in [0.25, 0.3) is 0 Å². The molecule has 2 N–H and O–H groups in total. The summed E-state index contributed by atoms with van der Waals surface area (Å²) in [5, 5.41) is 0. The van der Waals surface area contributed by atoms with E-state index in [-0.39, 0.29) is 0 Å². The molecule has 0 aliphatic rings. The molecule has 94 valence electrons. The van der Waals surface area contributed by atoms with Crippen molar-refractivity contribution >= 4 is 17.4 Å². The van der Waals surface area contributed by atoms with Gasteiger partial charge in [-0.15, -0.1) is 11.8 Å². The van der Waals surface area contributed by atoms with E-state index >= 15 is 0 Å². The summed E-state index contributed by atoms with van der Waals surface area (Å²) in [7, 11) is 0. The second kappa shape index (κ2) is 5.35. The van der Waals surface area contributed by atoms with Gasteiger partial charge in [-0.1, -0.05) is 0 Å². The normalized spacial score (nSPS) is 10.6. The zero-order valence-electron chi connectivity index (χ0n) is 9.29. The Balaban J connectivity index is 2.08. The van der Waals surface area contributed by atoms with Crippen LogP contribution in [0.5, 0.6) is 0 Å². The largest absolute Gasteiger partial charge is 0.399 e. The topological polar surface area (TPSA) is 26.0 Å². The maximum absolute atomic E-state index is 13.1. The minimum atomic E-state index is -0.890. The van der Waals surface area contributed by atoms with Gasteiger partial charge >= 0.3 is 0 Å². The Morgan fingerprint density at radius 3 is 2.39 bits per heavy atom. The maximum Gasteiger partial charge on any atom is 0.159 e. The van der Waals surface area contributed by atoms with Crippen molar-refractivity contribution in [1.29, 1.82) is 0 Å². The molecule has 2 rings (SSSR count). The molecule has 0 saturated carbocycles. The fourth-order valence-electron chi connectivity index (χ4n) is 1.49. The highest BCUT2D eigenvalue weighted by Gasteiger charge is 2.04. The predicted molar refractivity (Wildman–Crippen MR) is 66.7 cm³/mol. The van der Waals surface area contributed by atoms with Gasteiger partial charge in [0.05, 0.1) is 0 Å². The van der Waals surface area contributed by atoms with E-state index in [1.54, 1.807) is 6.07 Å². The minimum absolute atomic E-state index is 0.343. The lowest BCUT2D eigenvalue weighted by Crippen LogP contribution is -1.90. The number of anilines is 1. The summed E-state index contributed by atoms with van der Waals surface area (Å²) in [4.78, 5) is 0.580. The molecule has 0 fully saturated rings. The van der Waals surface area contributed by atoms with Crippen LogP contribution in [-0.2, 0) is 5.75 Å². The van der Waals surface area contributed by atoms with Crippen LogP contribution in [0.1, 0.15) is 5.56 Å². The first-order chi connectivity index (χ1) is 8.54. The van der Waals surface area contributed by atoms with E-state index in [9.17, 15) is 13.2 Å². The van der Waals surface area contributed by atoms with Gasteiger partial charge in [0.25, 0.3) is 0 Å². The predicted octanol–water partition coefficient (Wildman–Crippen LogP) is 3.98. The number of nitrogens with two attached hydrogens (primary N) is 1. The Morgan fingerprint density at radius 2 is 1.72 bits per heavy atom. The lowest BCUT2D eigenvalue weighted by molar-refractivity contribution is 0.506. The molecule has 0 bridgehead atoms. The fourth-order valence-corrected chi connectivity index (χ4v) is 2.34. The molecule has 2 aromatic carbocycles. The molecule has 0 saturated heterocycles. The van der Waals surface area contributed by atoms with E-state index in [0.29, 0.717) is 21.9 Å². The second-order valence-corrected chi connectivity index (χ2v) is 4.81. The molecular weight excluding hydrogens is 259 g/mol. The van der Waals surface area contributed by atoms with E-state index in [1.807, 2.05) is 0 Å². The first-order valence-corrected chi connectivity index (χ1v) is 6.16. The third kappa shape index (κ3) is 3.20. The van der Waals surface area contributed by atoms with Gasteiger partial charge in [0.1, 0.15) is 5.82 Å². The third-order valence-corrected chi connectivity index (χ3v) is 3.34. The van der Waals surface area contributed by atoms with Gasteiger partial charge < -0.3 is 5.73 Å². The number of hydrogen-bond acceptors (Lipinski definition) is 2. The van der Waals surface area contributed by atoms with Crippen LogP contribution >= 0.6 is 11.8 Å². The molecule has 0 amide bonds. The number of rotatable bonds is 3. The standard InChI is InChI=1S/C13H10F3NS/c14-9-3-8(4-10(17)5-9)7-18-11-1-2-12(15)13(16)6-11/h1-6H,7,17H2. The lowest BCUT2D eigenvalue weighted by Gasteiger charge is -2.04. The van der Waals surface area contributed by atoms with Crippen LogP contribution in [0.4, 0.5) is 18.9 Å². The Hall–Kier alpha value is -1.62. The lowest BCUT2D eigenvalue weighted by atomic mass is 10.2. The highest BCUT2D eigenvalue weighted by Crippen LogP contribution is 2.25. The summed E-state index contributed by atoms with van der Waals surface area (Å²) >= 11 is 1.28. The number of thioether (sulfide) groups is 1. The molecular formula is C13H10F3NS. The van der Waals surface area contributed by atoms with Crippen LogP contribution in [-0.4, -0.2) is 0 Å². The average Bonchev–Trinajstić information content (AvgIpc) is 2.29. The van der Waals surface area contributed by atoms with Crippen LogP contribution in [0.3, 0.4) is 0 Å². The van der Waals surface area contributed by atoms with Crippen molar-refractivity contribution in [1.82, 2.24) is 0 Å². The Kier molecular flexibility index (Phi) is 3.81. The quantitative estimate of drug-likeness (QED) is 0.673. The summed E-state index contributed by atoms with van der Waals surface area (Å²) in [6.45, 7) is 0. The van der Waals surface area contributed by atoms with Crippen molar-refractivity contribution in [3.63, 3.8) is 0 Å². The Bertz CT molecular complexity index is 552. The molecule has 0 radical (unpaired) electrons. The second-order valence-electron chi connectivity index (χ2n) is 3.76. The summed E-state index contributed by atoms with van der Waals surface area (Å²) < 4.78 is 38.8. The van der Waals surface area contributed by atoms with E-state index in [4.69, 9.17) is 5.73 Å². The van der Waals surface area contributed by atoms with Crippen molar-refractivity contribution in [2.24, 2.45) is 0 Å². The fraction of sp³-hybridized carbons (Fsp3) is 0.0769. The molecule has 1 nitrogen and oxygen atoms in total. The van der Waals surface area contributed by atoms with E-state index < -0.39 is 17.5 Å². The zero-order valence-corrected chi connectivity index (χ0v) is 10.1. The molecule has 0 aliphatic carbocycles. The molecule has 2 aromatic rings. The van der Waals surface area contributed by atoms with Crippen LogP contribution in [0.2, 0.25) is 0 Å². The third-order valence-electron chi connectivity index (χ3n) is 2.28. The number of benzene rings is 2. The SMILES string of the molecule is Nc1cc(F)cc(CSc2ccc(F)c(F)c2)c1. The van der Waals surface area contributed by atoms with E-state index in [2.05, 4.69) is 0 Å². The smallest absolute Gasteiger partial charge is 0.159 e. The number of nitrogen functional groups attached to an aromatic ring is 1. The van der Waals surface area contributed by atoms with Crippen LogP contribution in [0, 0.1) is 17.5 Å². The monoisotopic (exact) mass is 269 g/mol. The molecule has 0 spiro atoms. The van der Waals surface area contributed by atoms with Gasteiger partial charge in [-0.3, -0.25) is 0 Å². The van der Waals surface area contributed by atoms with Crippen molar-refractivity contribution < 1.29 is 13.2 Å². The summed E-state index contributed by atoms with van der Waals surface area (Å²) in [5.74, 6) is -1.74. The van der Waals surface area contributed by atoms with Crippen molar-refractivity contribution in [3.8, 4) is 0 Å². The highest BCUT2D eigenvalue weighted by molar-refractivity contribution is 7.98. The van der Waals surface area contributed by atoms with Gasteiger partial charge in [-0.05, 0) is 42.0 Å². The number of hydrogen-bond donors (Lipinski definition) is 1. The molecule has 18 heavy (non-hydrogen) atoms. The summed E-state index contributed by atoms with van der Waals surface area (Å²) in [6, 6.07) is 7.90. The molecule has 0 aromatic heterocycles. The summed E-state index contributed by atoms with van der Waals surface area (Å²) in [6.07, 6.45) is 0. The molecule has 5 heteroatoms. The summed E-state index contributed by atoms with van der Waals surface area (Å²) in [5.41, 5.74) is 6.55. The van der Waals surface area contributed by atoms with Crippen molar-refractivity contribution in [3.05, 3.63) is 59.4 Å². The average molecular weight is 269 g/mol. The van der Waals surface area contributed by atoms with Crippen molar-refractivity contribution in [2.75, 3.05) is 5.73 Å². The van der Waals surface area contributed by atoms with Gasteiger partial charge in [0.2, 0.25) is 0 Å². The van der Waals surface area contributed by atoms with E-state index in [0.717, 1.165) is 12.1 Å². The molecule has 0 unspecified atom stereocenters. The van der Waals surface area contributed by atoms with Gasteiger partial charge in [-0.25, -0.2) is 13.2 Å². The molecule has 0 aliphatic heterocycles. The minimum Gasteiger partial charge on any atom is -0.399 e. The van der Waals surface area contributed by atoms with Gasteiger partial charge in [0, 0.05) is 16.3 Å². The van der Waals surface area contributed by atoms with Crippen LogP contribution in [0.15, 0.2) is 41.3 Å². The number of halogens is 3. The first kappa shape index (κ1) is 12.8.